The van der Waals surface area contributed by atoms with Crippen LogP contribution >= 0.6 is 0 Å². The lowest BCUT2D eigenvalue weighted by molar-refractivity contribution is 0.0607. The molecule has 0 saturated carbocycles. The maximum Gasteiger partial charge on any atom is 0.101 e. The molecule has 0 bridgehead atoms. The van der Waals surface area contributed by atoms with Crippen LogP contribution in [0, 0.1) is 0 Å². The van der Waals surface area contributed by atoms with Gasteiger partial charge in [-0.1, -0.05) is 18.2 Å². The molecule has 0 spiro atoms. The van der Waals surface area contributed by atoms with Crippen molar-refractivity contribution in [1.82, 2.24) is 10.3 Å². The first-order valence-corrected chi connectivity index (χ1v) is 5.09. The number of benzene rings is 1. The second-order valence-corrected chi connectivity index (χ2v) is 4.05. The predicted octanol–water partition coefficient (Wildman–Crippen LogP) is 1.59. The molecule has 0 amide bonds. The second kappa shape index (κ2) is 3.68. The largest absolute Gasteiger partial charge is 0.384 e. The summed E-state index contributed by atoms with van der Waals surface area (Å²) in [6.07, 6.45) is 1.88. The molecular weight excluding hydrogens is 188 g/mol. The van der Waals surface area contributed by atoms with Crippen molar-refractivity contribution >= 4 is 10.9 Å². The molecule has 0 aliphatic carbocycles. The van der Waals surface area contributed by atoms with Crippen LogP contribution < -0.4 is 5.32 Å². The number of nitrogens with one attached hydrogen (secondary N) is 2. The van der Waals surface area contributed by atoms with Gasteiger partial charge >= 0.3 is 0 Å². The third-order valence-corrected chi connectivity index (χ3v) is 2.69. The third kappa shape index (κ3) is 1.76. The Morgan fingerprint density at radius 2 is 2.13 bits per heavy atom. The van der Waals surface area contributed by atoms with Gasteiger partial charge in [-0.15, -0.1) is 0 Å². The summed E-state index contributed by atoms with van der Waals surface area (Å²) in [6.45, 7) is 2.36. The predicted molar refractivity (Wildman–Crippen MR) is 61.8 cm³/mol. The Hall–Kier alpha value is -1.32. The molecule has 1 aromatic heterocycles. The highest BCUT2D eigenvalue weighted by atomic mass is 16.3. The third-order valence-electron chi connectivity index (χ3n) is 2.69. The highest BCUT2D eigenvalue weighted by Gasteiger charge is 2.24. The fourth-order valence-electron chi connectivity index (χ4n) is 1.96. The maximum absolute atomic E-state index is 10.3. The molecule has 3 nitrogen and oxygen atoms in total. The lowest BCUT2D eigenvalue weighted by Gasteiger charge is -2.22. The fraction of sp³-hybridized carbons (Fsp3) is 0.333. The number of fused-ring (bicyclic) bond motifs is 1. The number of aliphatic hydroxyl groups is 1. The van der Waals surface area contributed by atoms with Crippen molar-refractivity contribution in [2.45, 2.75) is 12.5 Å². The van der Waals surface area contributed by atoms with Crippen molar-refractivity contribution in [2.24, 2.45) is 0 Å². The monoisotopic (exact) mass is 204 g/mol. The minimum Gasteiger partial charge on any atom is -0.384 e. The minimum atomic E-state index is -0.839. The molecule has 2 rings (SSSR count). The molecule has 1 atom stereocenters. The van der Waals surface area contributed by atoms with Crippen molar-refractivity contribution < 1.29 is 5.11 Å². The van der Waals surface area contributed by atoms with E-state index in [4.69, 9.17) is 0 Å². The number of rotatable bonds is 3. The normalized spacial score (nSPS) is 15.4. The molecule has 3 heteroatoms. The molecule has 15 heavy (non-hydrogen) atoms. The van der Waals surface area contributed by atoms with Gasteiger partial charge in [0.1, 0.15) is 5.60 Å². The first-order chi connectivity index (χ1) is 7.15. The summed E-state index contributed by atoms with van der Waals surface area (Å²) in [5, 5.41) is 14.4. The molecular formula is C12H16N2O. The van der Waals surface area contributed by atoms with E-state index in [1.54, 1.807) is 0 Å². The van der Waals surface area contributed by atoms with Gasteiger partial charge in [-0.05, 0) is 20.0 Å². The van der Waals surface area contributed by atoms with Gasteiger partial charge in [-0.25, -0.2) is 0 Å². The fourth-order valence-corrected chi connectivity index (χ4v) is 1.96. The molecule has 3 N–H and O–H groups in total. The van der Waals surface area contributed by atoms with Crippen molar-refractivity contribution in [1.29, 1.82) is 0 Å². The molecule has 0 saturated heterocycles. The van der Waals surface area contributed by atoms with Crippen molar-refractivity contribution in [2.75, 3.05) is 13.6 Å². The lowest BCUT2D eigenvalue weighted by Crippen LogP contribution is -2.33. The van der Waals surface area contributed by atoms with Crippen LogP contribution in [0.15, 0.2) is 30.5 Å². The number of hydrogen-bond donors (Lipinski definition) is 3. The smallest absolute Gasteiger partial charge is 0.101 e. The standard InChI is InChI=1S/C12H16N2O/c1-12(15,8-13-2)10-7-14-11-6-4-3-5-9(10)11/h3-7,13-15H,8H2,1-2H3. The van der Waals surface area contributed by atoms with E-state index in [9.17, 15) is 5.11 Å². The molecule has 80 valence electrons. The van der Waals surface area contributed by atoms with Gasteiger partial charge in [0.05, 0.1) is 0 Å². The van der Waals surface area contributed by atoms with Crippen LogP contribution in [-0.4, -0.2) is 23.7 Å². The molecule has 1 unspecified atom stereocenters. The van der Waals surface area contributed by atoms with Crippen LogP contribution in [0.4, 0.5) is 0 Å². The lowest BCUT2D eigenvalue weighted by atomic mass is 9.95. The van der Waals surface area contributed by atoms with Crippen LogP contribution in [0.3, 0.4) is 0 Å². The Morgan fingerprint density at radius 1 is 1.40 bits per heavy atom. The zero-order valence-corrected chi connectivity index (χ0v) is 9.04. The summed E-state index contributed by atoms with van der Waals surface area (Å²) < 4.78 is 0. The van der Waals surface area contributed by atoms with Gasteiger partial charge in [-0.3, -0.25) is 0 Å². The quantitative estimate of drug-likeness (QED) is 0.711. The Balaban J connectivity index is 2.52. The van der Waals surface area contributed by atoms with Gasteiger partial charge in [-0.2, -0.15) is 0 Å². The number of likely N-dealkylation sites (N-methyl/N-ethyl adjacent to an activating group) is 1. The maximum atomic E-state index is 10.3. The zero-order chi connectivity index (χ0) is 10.9. The van der Waals surface area contributed by atoms with Crippen molar-refractivity contribution in [3.8, 4) is 0 Å². The first kappa shape index (κ1) is 10.2. The molecule has 0 aliphatic heterocycles. The van der Waals surface area contributed by atoms with E-state index >= 15 is 0 Å². The summed E-state index contributed by atoms with van der Waals surface area (Å²) in [4.78, 5) is 3.16. The van der Waals surface area contributed by atoms with Crippen molar-refractivity contribution in [3.05, 3.63) is 36.0 Å². The second-order valence-electron chi connectivity index (χ2n) is 4.05. The average molecular weight is 204 g/mol. The highest BCUT2D eigenvalue weighted by molar-refractivity contribution is 5.83. The van der Waals surface area contributed by atoms with Crippen LogP contribution in [0.1, 0.15) is 12.5 Å². The summed E-state index contributed by atoms with van der Waals surface area (Å²) in [6, 6.07) is 7.99. The van der Waals surface area contributed by atoms with E-state index < -0.39 is 5.60 Å². The minimum absolute atomic E-state index is 0.537. The number of H-pyrrole nitrogens is 1. The Bertz CT molecular complexity index is 459. The van der Waals surface area contributed by atoms with E-state index in [1.165, 1.54) is 0 Å². The Labute approximate surface area is 89.1 Å². The number of hydrogen-bond acceptors (Lipinski definition) is 2. The summed E-state index contributed by atoms with van der Waals surface area (Å²) >= 11 is 0. The van der Waals surface area contributed by atoms with E-state index in [0.29, 0.717) is 6.54 Å². The van der Waals surface area contributed by atoms with Gasteiger partial charge in [0.2, 0.25) is 0 Å². The van der Waals surface area contributed by atoms with Crippen LogP contribution in [-0.2, 0) is 5.60 Å². The molecule has 1 heterocycles. The summed E-state index contributed by atoms with van der Waals surface area (Å²) in [7, 11) is 1.84. The van der Waals surface area contributed by atoms with E-state index in [2.05, 4.69) is 10.3 Å². The summed E-state index contributed by atoms with van der Waals surface area (Å²) in [5.74, 6) is 0. The van der Waals surface area contributed by atoms with Crippen LogP contribution in [0.25, 0.3) is 10.9 Å². The average Bonchev–Trinajstić information content (AvgIpc) is 2.61. The number of aromatic amines is 1. The highest BCUT2D eigenvalue weighted by Crippen LogP contribution is 2.27. The van der Waals surface area contributed by atoms with Gasteiger partial charge in [0, 0.05) is 29.2 Å². The number of para-hydroxylation sites is 1. The topological polar surface area (TPSA) is 48.0 Å². The number of aromatic nitrogens is 1. The van der Waals surface area contributed by atoms with E-state index in [-0.39, 0.29) is 0 Å². The van der Waals surface area contributed by atoms with Crippen molar-refractivity contribution in [3.63, 3.8) is 0 Å². The van der Waals surface area contributed by atoms with Crippen LogP contribution in [0.2, 0.25) is 0 Å². The molecule has 0 fully saturated rings. The van der Waals surface area contributed by atoms with Gasteiger partial charge in [0.25, 0.3) is 0 Å². The first-order valence-electron chi connectivity index (χ1n) is 5.09. The zero-order valence-electron chi connectivity index (χ0n) is 9.04. The molecule has 0 radical (unpaired) electrons. The Morgan fingerprint density at radius 3 is 2.87 bits per heavy atom. The molecule has 0 aliphatic rings. The molecule has 1 aromatic carbocycles. The van der Waals surface area contributed by atoms with E-state index in [1.807, 2.05) is 44.4 Å². The van der Waals surface area contributed by atoms with Gasteiger partial charge < -0.3 is 15.4 Å². The summed E-state index contributed by atoms with van der Waals surface area (Å²) in [5.41, 5.74) is 1.16. The molecule has 2 aromatic rings. The Kier molecular flexibility index (Phi) is 2.50. The SMILES string of the molecule is CNCC(C)(O)c1c[nH]c2ccccc12. The van der Waals surface area contributed by atoms with Gasteiger partial charge in [0.15, 0.2) is 0 Å². The van der Waals surface area contributed by atoms with Crippen LogP contribution in [0.5, 0.6) is 0 Å². The van der Waals surface area contributed by atoms with E-state index in [0.717, 1.165) is 16.5 Å².